The minimum absolute atomic E-state index is 0.461. The summed E-state index contributed by atoms with van der Waals surface area (Å²) < 4.78 is 5.65. The normalized spacial score (nSPS) is 39.2. The van der Waals surface area contributed by atoms with Crippen molar-refractivity contribution in [1.82, 2.24) is 5.32 Å². The molecule has 4 atom stereocenters. The van der Waals surface area contributed by atoms with Crippen molar-refractivity contribution >= 4 is 0 Å². The van der Waals surface area contributed by atoms with Crippen LogP contribution in [0.4, 0.5) is 0 Å². The number of nitrogens with one attached hydrogen (secondary N) is 1. The fraction of sp³-hybridized carbons (Fsp3) is 1.00. The van der Waals surface area contributed by atoms with Gasteiger partial charge in [0.1, 0.15) is 0 Å². The molecule has 0 spiro atoms. The van der Waals surface area contributed by atoms with Crippen LogP contribution in [0, 0.1) is 5.92 Å². The van der Waals surface area contributed by atoms with E-state index in [1.807, 2.05) is 7.11 Å². The van der Waals surface area contributed by atoms with Crippen LogP contribution >= 0.6 is 0 Å². The third-order valence-electron chi connectivity index (χ3n) is 4.87. The zero-order valence-electron chi connectivity index (χ0n) is 11.6. The summed E-state index contributed by atoms with van der Waals surface area (Å²) in [4.78, 5) is 0. The van der Waals surface area contributed by atoms with Crippen molar-refractivity contribution in [2.24, 2.45) is 5.92 Å². The van der Waals surface area contributed by atoms with E-state index in [2.05, 4.69) is 12.2 Å². The van der Waals surface area contributed by atoms with Crippen LogP contribution in [0.2, 0.25) is 0 Å². The molecule has 2 rings (SSSR count). The second-order valence-corrected chi connectivity index (χ2v) is 5.89. The van der Waals surface area contributed by atoms with Crippen LogP contribution in [0.15, 0.2) is 0 Å². The Bertz CT molecular complexity index is 197. The van der Waals surface area contributed by atoms with Crippen LogP contribution in [0.25, 0.3) is 0 Å². The van der Waals surface area contributed by atoms with E-state index in [4.69, 9.17) is 4.74 Å². The SMILES string of the molecule is CCC1CCCCC1NC1CCCCC1OC. The fourth-order valence-electron chi connectivity index (χ4n) is 3.76. The zero-order chi connectivity index (χ0) is 12.1. The van der Waals surface area contributed by atoms with Crippen LogP contribution in [0.1, 0.15) is 64.7 Å². The molecule has 2 saturated carbocycles. The summed E-state index contributed by atoms with van der Waals surface area (Å²) in [5, 5.41) is 3.93. The van der Waals surface area contributed by atoms with Gasteiger partial charge in [-0.2, -0.15) is 0 Å². The Morgan fingerprint density at radius 3 is 2.29 bits per heavy atom. The van der Waals surface area contributed by atoms with E-state index in [9.17, 15) is 0 Å². The smallest absolute Gasteiger partial charge is 0.0724 e. The van der Waals surface area contributed by atoms with Crippen molar-refractivity contribution in [3.63, 3.8) is 0 Å². The van der Waals surface area contributed by atoms with E-state index in [1.54, 1.807) is 0 Å². The summed E-state index contributed by atoms with van der Waals surface area (Å²) in [6, 6.07) is 1.38. The Balaban J connectivity index is 1.88. The van der Waals surface area contributed by atoms with Gasteiger partial charge in [0.2, 0.25) is 0 Å². The Hall–Kier alpha value is -0.0800. The standard InChI is InChI=1S/C15H29NO/c1-3-12-8-4-5-9-13(12)16-14-10-6-7-11-15(14)17-2/h12-16H,3-11H2,1-2H3. The first-order valence-corrected chi connectivity index (χ1v) is 7.64. The number of methoxy groups -OCH3 is 1. The maximum absolute atomic E-state index is 5.65. The van der Waals surface area contributed by atoms with Crippen LogP contribution in [0.5, 0.6) is 0 Å². The minimum atomic E-state index is 0.461. The highest BCUT2D eigenvalue weighted by atomic mass is 16.5. The first kappa shape index (κ1) is 13.4. The highest BCUT2D eigenvalue weighted by molar-refractivity contribution is 4.88. The second kappa shape index (κ2) is 6.75. The summed E-state index contributed by atoms with van der Waals surface area (Å²) in [7, 11) is 1.88. The molecule has 0 aromatic carbocycles. The molecule has 0 saturated heterocycles. The van der Waals surface area contributed by atoms with E-state index < -0.39 is 0 Å². The topological polar surface area (TPSA) is 21.3 Å². The summed E-state index contributed by atoms with van der Waals surface area (Å²) in [6.45, 7) is 2.35. The molecule has 2 aliphatic carbocycles. The molecule has 2 aliphatic rings. The van der Waals surface area contributed by atoms with Gasteiger partial charge in [-0.25, -0.2) is 0 Å². The number of hydrogen-bond donors (Lipinski definition) is 1. The molecule has 0 aliphatic heterocycles. The molecule has 0 aromatic heterocycles. The third kappa shape index (κ3) is 3.45. The van der Waals surface area contributed by atoms with E-state index in [0.717, 1.165) is 12.0 Å². The molecule has 4 unspecified atom stereocenters. The lowest BCUT2D eigenvalue weighted by molar-refractivity contribution is 0.0316. The van der Waals surface area contributed by atoms with Gasteiger partial charge in [0, 0.05) is 19.2 Å². The highest BCUT2D eigenvalue weighted by Crippen LogP contribution is 2.29. The van der Waals surface area contributed by atoms with E-state index in [-0.39, 0.29) is 0 Å². The van der Waals surface area contributed by atoms with Gasteiger partial charge >= 0.3 is 0 Å². The summed E-state index contributed by atoms with van der Waals surface area (Å²) in [6.07, 6.45) is 12.7. The summed E-state index contributed by atoms with van der Waals surface area (Å²) >= 11 is 0. The number of ether oxygens (including phenoxy) is 1. The van der Waals surface area contributed by atoms with Crippen molar-refractivity contribution in [3.05, 3.63) is 0 Å². The third-order valence-corrected chi connectivity index (χ3v) is 4.87. The molecule has 0 aromatic rings. The van der Waals surface area contributed by atoms with Crippen LogP contribution in [-0.2, 0) is 4.74 Å². The fourth-order valence-corrected chi connectivity index (χ4v) is 3.76. The average molecular weight is 239 g/mol. The lowest BCUT2D eigenvalue weighted by Crippen LogP contribution is -2.50. The van der Waals surface area contributed by atoms with Gasteiger partial charge in [0.15, 0.2) is 0 Å². The lowest BCUT2D eigenvalue weighted by Gasteiger charge is -2.39. The monoisotopic (exact) mass is 239 g/mol. The van der Waals surface area contributed by atoms with Gasteiger partial charge in [-0.05, 0) is 31.6 Å². The molecule has 0 amide bonds. The molecule has 1 N–H and O–H groups in total. The molecule has 0 radical (unpaired) electrons. The largest absolute Gasteiger partial charge is 0.380 e. The van der Waals surface area contributed by atoms with Crippen LogP contribution < -0.4 is 5.32 Å². The van der Waals surface area contributed by atoms with Crippen molar-refractivity contribution in [2.45, 2.75) is 82.9 Å². The van der Waals surface area contributed by atoms with E-state index >= 15 is 0 Å². The van der Waals surface area contributed by atoms with Gasteiger partial charge < -0.3 is 10.1 Å². The van der Waals surface area contributed by atoms with Crippen molar-refractivity contribution in [1.29, 1.82) is 0 Å². The lowest BCUT2D eigenvalue weighted by atomic mass is 9.81. The predicted molar refractivity (Wildman–Crippen MR) is 72.2 cm³/mol. The Morgan fingerprint density at radius 1 is 0.941 bits per heavy atom. The van der Waals surface area contributed by atoms with Crippen molar-refractivity contribution in [2.75, 3.05) is 7.11 Å². The molecule has 2 fully saturated rings. The van der Waals surface area contributed by atoms with Crippen molar-refractivity contribution in [3.8, 4) is 0 Å². The van der Waals surface area contributed by atoms with Gasteiger partial charge in [-0.3, -0.25) is 0 Å². The molecular formula is C15H29NO. The van der Waals surface area contributed by atoms with E-state index in [1.165, 1.54) is 57.8 Å². The second-order valence-electron chi connectivity index (χ2n) is 5.89. The number of hydrogen-bond acceptors (Lipinski definition) is 2. The van der Waals surface area contributed by atoms with Crippen molar-refractivity contribution < 1.29 is 4.74 Å². The first-order valence-electron chi connectivity index (χ1n) is 7.64. The quantitative estimate of drug-likeness (QED) is 0.810. The zero-order valence-corrected chi connectivity index (χ0v) is 11.6. The molecule has 2 nitrogen and oxygen atoms in total. The molecular weight excluding hydrogens is 210 g/mol. The van der Waals surface area contributed by atoms with Gasteiger partial charge in [0.25, 0.3) is 0 Å². The van der Waals surface area contributed by atoms with Gasteiger partial charge in [-0.1, -0.05) is 39.0 Å². The molecule has 0 heterocycles. The van der Waals surface area contributed by atoms with Gasteiger partial charge in [0.05, 0.1) is 6.10 Å². The molecule has 2 heteroatoms. The van der Waals surface area contributed by atoms with Crippen LogP contribution in [-0.4, -0.2) is 25.3 Å². The summed E-state index contributed by atoms with van der Waals surface area (Å²) in [5.74, 6) is 0.906. The van der Waals surface area contributed by atoms with Crippen LogP contribution in [0.3, 0.4) is 0 Å². The summed E-state index contributed by atoms with van der Waals surface area (Å²) in [5.41, 5.74) is 0. The maximum atomic E-state index is 5.65. The Kier molecular flexibility index (Phi) is 5.30. The highest BCUT2D eigenvalue weighted by Gasteiger charge is 2.30. The number of rotatable bonds is 4. The molecule has 17 heavy (non-hydrogen) atoms. The molecule has 100 valence electrons. The van der Waals surface area contributed by atoms with Gasteiger partial charge in [-0.15, -0.1) is 0 Å². The average Bonchev–Trinajstić information content (AvgIpc) is 2.40. The minimum Gasteiger partial charge on any atom is -0.380 e. The Labute approximate surface area is 107 Å². The first-order chi connectivity index (χ1) is 8.35. The maximum Gasteiger partial charge on any atom is 0.0724 e. The predicted octanol–water partition coefficient (Wildman–Crippen LogP) is 3.50. The Morgan fingerprint density at radius 2 is 1.59 bits per heavy atom. The van der Waals surface area contributed by atoms with E-state index in [0.29, 0.717) is 12.1 Å². The molecule has 0 bridgehead atoms.